The molecule has 1 N–H and O–H groups in total. The zero-order valence-electron chi connectivity index (χ0n) is 9.57. The van der Waals surface area contributed by atoms with Crippen LogP contribution in [0.3, 0.4) is 0 Å². The van der Waals surface area contributed by atoms with E-state index in [-0.39, 0.29) is 0 Å². The summed E-state index contributed by atoms with van der Waals surface area (Å²) in [6.45, 7) is 0. The Bertz CT molecular complexity index is 765. The van der Waals surface area contributed by atoms with Crippen LogP contribution in [-0.2, 0) is 10.0 Å². The molecule has 0 aliphatic heterocycles. The van der Waals surface area contributed by atoms with Crippen molar-refractivity contribution in [1.82, 2.24) is 4.98 Å². The summed E-state index contributed by atoms with van der Waals surface area (Å²) in [5, 5.41) is 0. The fourth-order valence-corrected chi connectivity index (χ4v) is 2.40. The van der Waals surface area contributed by atoms with Gasteiger partial charge >= 0.3 is 0 Å². The summed E-state index contributed by atoms with van der Waals surface area (Å²) in [4.78, 5) is 2.18. The summed E-state index contributed by atoms with van der Waals surface area (Å²) < 4.78 is 76.9. The van der Waals surface area contributed by atoms with Gasteiger partial charge in [-0.1, -0.05) is 0 Å². The van der Waals surface area contributed by atoms with Crippen LogP contribution in [0.1, 0.15) is 0 Å². The quantitative estimate of drug-likeness (QED) is 0.700. The normalized spacial score (nSPS) is 11.4. The standard InChI is InChI=1S/C11H6F4N2O2S/c12-7-2-1-6(5-8(7)13)20(18,19)17-9-3-4-10(14)16-11(9)15/h1-5,17H. The summed E-state index contributed by atoms with van der Waals surface area (Å²) in [6, 6.07) is 3.41. The summed E-state index contributed by atoms with van der Waals surface area (Å²) >= 11 is 0. The molecule has 1 aromatic heterocycles. The van der Waals surface area contributed by atoms with Crippen molar-refractivity contribution in [3.05, 3.63) is 53.9 Å². The minimum Gasteiger partial charge on any atom is -0.275 e. The summed E-state index contributed by atoms with van der Waals surface area (Å²) in [7, 11) is -4.35. The lowest BCUT2D eigenvalue weighted by molar-refractivity contribution is 0.504. The molecule has 0 unspecified atom stereocenters. The van der Waals surface area contributed by atoms with Crippen molar-refractivity contribution in [2.24, 2.45) is 0 Å². The Balaban J connectivity index is 2.38. The van der Waals surface area contributed by atoms with Gasteiger partial charge in [0.15, 0.2) is 11.6 Å². The molecular formula is C11H6F4N2O2S. The lowest BCUT2D eigenvalue weighted by atomic mass is 10.3. The molecular weight excluding hydrogens is 300 g/mol. The highest BCUT2D eigenvalue weighted by Crippen LogP contribution is 2.19. The van der Waals surface area contributed by atoms with Gasteiger partial charge in [0.1, 0.15) is 5.69 Å². The molecule has 0 saturated carbocycles. The number of nitrogens with one attached hydrogen (secondary N) is 1. The summed E-state index contributed by atoms with van der Waals surface area (Å²) in [5.74, 6) is -5.10. The van der Waals surface area contributed by atoms with E-state index in [1.807, 2.05) is 0 Å². The maximum atomic E-state index is 13.2. The van der Waals surface area contributed by atoms with E-state index in [0.29, 0.717) is 12.1 Å². The Hall–Kier alpha value is -2.16. The molecule has 9 heteroatoms. The number of hydrogen-bond acceptors (Lipinski definition) is 3. The highest BCUT2D eigenvalue weighted by atomic mass is 32.2. The molecule has 2 aromatic rings. The first-order chi connectivity index (χ1) is 9.29. The molecule has 1 aromatic carbocycles. The van der Waals surface area contributed by atoms with E-state index < -0.39 is 44.1 Å². The van der Waals surface area contributed by atoms with Crippen LogP contribution in [0.25, 0.3) is 0 Å². The highest BCUT2D eigenvalue weighted by Gasteiger charge is 2.19. The number of anilines is 1. The van der Waals surface area contributed by atoms with Crippen LogP contribution in [-0.4, -0.2) is 13.4 Å². The van der Waals surface area contributed by atoms with E-state index in [0.717, 1.165) is 18.2 Å². The van der Waals surface area contributed by atoms with Gasteiger partial charge in [-0.05, 0) is 30.3 Å². The van der Waals surface area contributed by atoms with Crippen molar-refractivity contribution in [3.8, 4) is 0 Å². The third kappa shape index (κ3) is 2.87. The average Bonchev–Trinajstić information content (AvgIpc) is 2.36. The molecule has 0 amide bonds. The third-order valence-electron chi connectivity index (χ3n) is 2.26. The molecule has 2 rings (SSSR count). The van der Waals surface area contributed by atoms with Gasteiger partial charge in [0.05, 0.1) is 4.90 Å². The number of halogens is 4. The first kappa shape index (κ1) is 14.3. The van der Waals surface area contributed by atoms with Crippen molar-refractivity contribution < 1.29 is 26.0 Å². The molecule has 0 radical (unpaired) electrons. The van der Waals surface area contributed by atoms with Crippen LogP contribution in [0.5, 0.6) is 0 Å². The number of benzene rings is 1. The number of aromatic nitrogens is 1. The second kappa shape index (κ2) is 5.08. The molecule has 20 heavy (non-hydrogen) atoms. The fourth-order valence-electron chi connectivity index (χ4n) is 1.34. The van der Waals surface area contributed by atoms with E-state index in [1.165, 1.54) is 0 Å². The molecule has 4 nitrogen and oxygen atoms in total. The van der Waals surface area contributed by atoms with Crippen molar-refractivity contribution >= 4 is 15.7 Å². The lowest BCUT2D eigenvalue weighted by Crippen LogP contribution is -2.15. The van der Waals surface area contributed by atoms with Gasteiger partial charge in [-0.2, -0.15) is 13.8 Å². The van der Waals surface area contributed by atoms with Crippen molar-refractivity contribution in [1.29, 1.82) is 0 Å². The topological polar surface area (TPSA) is 59.1 Å². The Morgan fingerprint density at radius 2 is 1.65 bits per heavy atom. The summed E-state index contributed by atoms with van der Waals surface area (Å²) in [5.41, 5.74) is -0.615. The molecule has 0 saturated heterocycles. The largest absolute Gasteiger partial charge is 0.275 e. The first-order valence-electron chi connectivity index (χ1n) is 5.09. The van der Waals surface area contributed by atoms with Crippen LogP contribution in [0.4, 0.5) is 23.2 Å². The molecule has 106 valence electrons. The zero-order chi connectivity index (χ0) is 14.9. The van der Waals surface area contributed by atoms with Crippen LogP contribution >= 0.6 is 0 Å². The molecule has 1 heterocycles. The van der Waals surface area contributed by atoms with Crippen LogP contribution in [0.2, 0.25) is 0 Å². The first-order valence-corrected chi connectivity index (χ1v) is 6.58. The van der Waals surface area contributed by atoms with E-state index in [9.17, 15) is 26.0 Å². The monoisotopic (exact) mass is 306 g/mol. The molecule has 0 fully saturated rings. The molecule has 0 aliphatic carbocycles. The maximum absolute atomic E-state index is 13.2. The second-order valence-electron chi connectivity index (χ2n) is 3.65. The van der Waals surface area contributed by atoms with Gasteiger partial charge < -0.3 is 0 Å². The fraction of sp³-hybridized carbons (Fsp3) is 0. The van der Waals surface area contributed by atoms with E-state index >= 15 is 0 Å². The van der Waals surface area contributed by atoms with Gasteiger partial charge in [0.25, 0.3) is 10.0 Å². The van der Waals surface area contributed by atoms with E-state index in [1.54, 1.807) is 4.72 Å². The number of pyridine rings is 1. The number of hydrogen-bond donors (Lipinski definition) is 1. The molecule has 0 spiro atoms. The van der Waals surface area contributed by atoms with Crippen molar-refractivity contribution in [3.63, 3.8) is 0 Å². The Kier molecular flexibility index (Phi) is 3.62. The van der Waals surface area contributed by atoms with E-state index in [4.69, 9.17) is 0 Å². The highest BCUT2D eigenvalue weighted by molar-refractivity contribution is 7.92. The Morgan fingerprint density at radius 1 is 0.950 bits per heavy atom. The molecule has 0 aliphatic rings. The smallest absolute Gasteiger partial charge is 0.262 e. The van der Waals surface area contributed by atoms with Gasteiger partial charge in [-0.3, -0.25) is 4.72 Å². The van der Waals surface area contributed by atoms with Crippen LogP contribution in [0.15, 0.2) is 35.2 Å². The Morgan fingerprint density at radius 3 is 2.25 bits per heavy atom. The predicted molar refractivity (Wildman–Crippen MR) is 61.3 cm³/mol. The number of sulfonamides is 1. The minimum atomic E-state index is -4.35. The zero-order valence-corrected chi connectivity index (χ0v) is 10.4. The number of rotatable bonds is 3. The van der Waals surface area contributed by atoms with Crippen molar-refractivity contribution in [2.45, 2.75) is 4.90 Å². The number of nitrogens with zero attached hydrogens (tertiary/aromatic N) is 1. The summed E-state index contributed by atoms with van der Waals surface area (Å²) in [6.07, 6.45) is 0. The predicted octanol–water partition coefficient (Wildman–Crippen LogP) is 2.44. The van der Waals surface area contributed by atoms with Crippen LogP contribution in [0, 0.1) is 23.5 Å². The third-order valence-corrected chi connectivity index (χ3v) is 3.62. The maximum Gasteiger partial charge on any atom is 0.262 e. The van der Waals surface area contributed by atoms with Gasteiger partial charge in [0.2, 0.25) is 11.9 Å². The Labute approximate surface area is 111 Å². The lowest BCUT2D eigenvalue weighted by Gasteiger charge is -2.08. The average molecular weight is 306 g/mol. The van der Waals surface area contributed by atoms with E-state index in [2.05, 4.69) is 4.98 Å². The minimum absolute atomic E-state index is 0.437. The van der Waals surface area contributed by atoms with Gasteiger partial charge in [-0.25, -0.2) is 17.2 Å². The van der Waals surface area contributed by atoms with Crippen molar-refractivity contribution in [2.75, 3.05) is 4.72 Å². The van der Waals surface area contributed by atoms with Crippen LogP contribution < -0.4 is 4.72 Å². The molecule has 0 bridgehead atoms. The van der Waals surface area contributed by atoms with Gasteiger partial charge in [-0.15, -0.1) is 0 Å². The molecule has 0 atom stereocenters. The second-order valence-corrected chi connectivity index (χ2v) is 5.34. The SMILES string of the molecule is O=S(=O)(Nc1ccc(F)nc1F)c1ccc(F)c(F)c1. The van der Waals surface area contributed by atoms with Gasteiger partial charge in [0, 0.05) is 0 Å².